The van der Waals surface area contributed by atoms with E-state index < -0.39 is 41.9 Å². The summed E-state index contributed by atoms with van der Waals surface area (Å²) in [6.07, 6.45) is 2.22. The number of rotatable bonds is 15. The zero-order chi connectivity index (χ0) is 22.4. The number of carbonyl (C=O) groups excluding carboxylic acids is 3. The number of carbonyl (C=O) groups is 4. The fraction of sp³-hybridized carbons (Fsp3) is 0.778. The number of carboxylic acids is 1. The minimum atomic E-state index is -1.14. The molecular formula is C18H36N6O5. The van der Waals surface area contributed by atoms with Crippen molar-refractivity contribution in [3.63, 3.8) is 0 Å². The number of nitrogens with two attached hydrogens (primary N) is 2. The number of nitrogens with one attached hydrogen (secondary N) is 4. The lowest BCUT2D eigenvalue weighted by atomic mass is 10.0. The summed E-state index contributed by atoms with van der Waals surface area (Å²) >= 11 is 0. The molecule has 3 atom stereocenters. The van der Waals surface area contributed by atoms with Crippen molar-refractivity contribution < 1.29 is 24.3 Å². The zero-order valence-corrected chi connectivity index (χ0v) is 17.5. The van der Waals surface area contributed by atoms with E-state index in [1.807, 2.05) is 0 Å². The summed E-state index contributed by atoms with van der Waals surface area (Å²) in [6, 6.07) is -3.52. The second-order valence-corrected chi connectivity index (χ2v) is 7.26. The number of urea groups is 1. The Kier molecular flexibility index (Phi) is 13.4. The molecule has 1 unspecified atom stereocenters. The summed E-state index contributed by atoms with van der Waals surface area (Å²) < 4.78 is 0. The first-order chi connectivity index (χ1) is 13.6. The van der Waals surface area contributed by atoms with Crippen molar-refractivity contribution >= 4 is 23.8 Å². The van der Waals surface area contributed by atoms with Gasteiger partial charge in [0.05, 0.1) is 6.04 Å². The molecule has 0 saturated heterocycles. The molecule has 0 aliphatic heterocycles. The predicted octanol–water partition coefficient (Wildman–Crippen LogP) is -1.14. The van der Waals surface area contributed by atoms with Crippen LogP contribution in [0.4, 0.5) is 4.79 Å². The van der Waals surface area contributed by atoms with Gasteiger partial charge >= 0.3 is 12.0 Å². The molecule has 0 aliphatic carbocycles. The van der Waals surface area contributed by atoms with Crippen LogP contribution in [0.3, 0.4) is 0 Å². The topological polar surface area (TPSA) is 189 Å². The van der Waals surface area contributed by atoms with Crippen molar-refractivity contribution in [1.29, 1.82) is 0 Å². The lowest BCUT2D eigenvalue weighted by Crippen LogP contribution is -2.55. The Balaban J connectivity index is 4.99. The molecule has 0 aromatic heterocycles. The summed E-state index contributed by atoms with van der Waals surface area (Å²) in [6.45, 7) is 4.53. The van der Waals surface area contributed by atoms with E-state index in [1.54, 1.807) is 20.9 Å². The molecule has 0 radical (unpaired) electrons. The third-order valence-corrected chi connectivity index (χ3v) is 4.41. The van der Waals surface area contributed by atoms with Crippen LogP contribution in [0.5, 0.6) is 0 Å². The van der Waals surface area contributed by atoms with Crippen molar-refractivity contribution in [3.8, 4) is 0 Å². The van der Waals surface area contributed by atoms with Crippen LogP contribution in [0.15, 0.2) is 0 Å². The van der Waals surface area contributed by atoms with Crippen LogP contribution in [0.1, 0.15) is 46.0 Å². The van der Waals surface area contributed by atoms with Crippen molar-refractivity contribution in [3.05, 3.63) is 0 Å². The van der Waals surface area contributed by atoms with E-state index in [1.165, 1.54) is 0 Å². The van der Waals surface area contributed by atoms with Gasteiger partial charge in [-0.1, -0.05) is 13.8 Å². The maximum Gasteiger partial charge on any atom is 0.326 e. The third kappa shape index (κ3) is 11.9. The lowest BCUT2D eigenvalue weighted by Gasteiger charge is -2.24. The number of amides is 4. The second kappa shape index (κ2) is 14.6. The molecule has 0 bridgehead atoms. The first-order valence-corrected chi connectivity index (χ1v) is 9.87. The lowest BCUT2D eigenvalue weighted by molar-refractivity contribution is -0.142. The quantitative estimate of drug-likeness (QED) is 0.164. The predicted molar refractivity (Wildman–Crippen MR) is 109 cm³/mol. The zero-order valence-electron chi connectivity index (χ0n) is 17.5. The van der Waals surface area contributed by atoms with Crippen LogP contribution < -0.4 is 32.7 Å². The first-order valence-electron chi connectivity index (χ1n) is 9.87. The van der Waals surface area contributed by atoms with Crippen LogP contribution >= 0.6 is 0 Å². The number of hydrogen-bond donors (Lipinski definition) is 7. The van der Waals surface area contributed by atoms with Gasteiger partial charge in [-0.15, -0.1) is 0 Å². The van der Waals surface area contributed by atoms with Gasteiger partial charge in [-0.3, -0.25) is 9.59 Å². The Bertz CT molecular complexity index is 543. The molecule has 11 nitrogen and oxygen atoms in total. The fourth-order valence-electron chi connectivity index (χ4n) is 2.54. The maximum absolute atomic E-state index is 12.6. The van der Waals surface area contributed by atoms with Crippen LogP contribution in [-0.4, -0.2) is 67.2 Å². The summed E-state index contributed by atoms with van der Waals surface area (Å²) in [7, 11) is 1.80. The maximum atomic E-state index is 12.6. The molecule has 0 rings (SSSR count). The van der Waals surface area contributed by atoms with E-state index in [0.717, 1.165) is 13.0 Å². The highest BCUT2D eigenvalue weighted by atomic mass is 16.4. The normalized spacial score (nSPS) is 14.0. The molecule has 0 aromatic rings. The molecule has 0 spiro atoms. The monoisotopic (exact) mass is 416 g/mol. The van der Waals surface area contributed by atoms with Crippen LogP contribution in [-0.2, 0) is 14.4 Å². The summed E-state index contributed by atoms with van der Waals surface area (Å²) in [5.74, 6) is -2.37. The number of unbranched alkanes of at least 4 members (excludes halogenated alkanes) is 1. The van der Waals surface area contributed by atoms with Crippen LogP contribution in [0.25, 0.3) is 0 Å². The Morgan fingerprint density at radius 2 is 1.48 bits per heavy atom. The fourth-order valence-corrected chi connectivity index (χ4v) is 2.54. The Labute approximate surface area is 171 Å². The molecule has 4 amide bonds. The van der Waals surface area contributed by atoms with E-state index in [-0.39, 0.29) is 25.3 Å². The Hall–Kier alpha value is -2.40. The summed E-state index contributed by atoms with van der Waals surface area (Å²) in [5, 5.41) is 19.8. The van der Waals surface area contributed by atoms with Crippen molar-refractivity contribution in [2.75, 3.05) is 20.1 Å². The molecule has 0 aliphatic rings. The average molecular weight is 417 g/mol. The minimum Gasteiger partial charge on any atom is -0.480 e. The molecule has 11 heteroatoms. The smallest absolute Gasteiger partial charge is 0.326 e. The van der Waals surface area contributed by atoms with Gasteiger partial charge in [-0.2, -0.15) is 0 Å². The molecule has 29 heavy (non-hydrogen) atoms. The number of hydrogen-bond acceptors (Lipinski definition) is 6. The standard InChI is InChI=1S/C18H36N6O5/c1-11(2)14(19)16(26)23-12(8-6-10-22-18(20)29)15(25)24-13(17(27)28)7-4-5-9-21-3/h11-14,21H,4-10,19H2,1-3H3,(H,23,26)(H,24,25)(H,27,28)(H3,20,22,29)/t12-,13+,14?/m0/s1. The van der Waals surface area contributed by atoms with E-state index in [0.29, 0.717) is 12.8 Å². The van der Waals surface area contributed by atoms with Crippen LogP contribution in [0, 0.1) is 5.92 Å². The van der Waals surface area contributed by atoms with Crippen molar-refractivity contribution in [2.24, 2.45) is 17.4 Å². The van der Waals surface area contributed by atoms with Crippen molar-refractivity contribution in [1.82, 2.24) is 21.3 Å². The molecular weight excluding hydrogens is 380 g/mol. The van der Waals surface area contributed by atoms with Gasteiger partial charge in [0.1, 0.15) is 12.1 Å². The second-order valence-electron chi connectivity index (χ2n) is 7.26. The largest absolute Gasteiger partial charge is 0.480 e. The number of primary amides is 1. The summed E-state index contributed by atoms with van der Waals surface area (Å²) in [5.41, 5.74) is 10.8. The van der Waals surface area contributed by atoms with Crippen molar-refractivity contribution in [2.45, 2.75) is 64.1 Å². The van der Waals surface area contributed by atoms with Crippen LogP contribution in [0.2, 0.25) is 0 Å². The van der Waals surface area contributed by atoms with E-state index in [2.05, 4.69) is 21.3 Å². The molecule has 0 saturated carbocycles. The molecule has 9 N–H and O–H groups in total. The Morgan fingerprint density at radius 1 is 0.897 bits per heavy atom. The Morgan fingerprint density at radius 3 is 2.00 bits per heavy atom. The molecule has 0 aromatic carbocycles. The van der Waals surface area contributed by atoms with E-state index >= 15 is 0 Å². The number of aliphatic carboxylic acids is 1. The van der Waals surface area contributed by atoms with Gasteiger partial charge < -0.3 is 37.8 Å². The first kappa shape index (κ1) is 26.6. The van der Waals surface area contributed by atoms with E-state index in [9.17, 15) is 24.3 Å². The summed E-state index contributed by atoms with van der Waals surface area (Å²) in [4.78, 5) is 47.2. The average Bonchev–Trinajstić information content (AvgIpc) is 2.64. The van der Waals surface area contributed by atoms with Gasteiger partial charge in [0.25, 0.3) is 0 Å². The SMILES string of the molecule is CNCCCC[C@@H](NC(=O)[C@H](CCCNC(N)=O)NC(=O)C(N)C(C)C)C(=O)O. The highest BCUT2D eigenvalue weighted by Gasteiger charge is 2.28. The van der Waals surface area contributed by atoms with Gasteiger partial charge in [0.15, 0.2) is 0 Å². The highest BCUT2D eigenvalue weighted by Crippen LogP contribution is 2.05. The van der Waals surface area contributed by atoms with Gasteiger partial charge in [-0.05, 0) is 51.6 Å². The minimum absolute atomic E-state index is 0.130. The number of carboxylic acid groups (broad SMARTS) is 1. The third-order valence-electron chi connectivity index (χ3n) is 4.41. The van der Waals surface area contributed by atoms with Gasteiger partial charge in [0, 0.05) is 6.54 Å². The van der Waals surface area contributed by atoms with Gasteiger partial charge in [0.2, 0.25) is 11.8 Å². The van der Waals surface area contributed by atoms with Gasteiger partial charge in [-0.25, -0.2) is 9.59 Å². The molecule has 168 valence electrons. The molecule has 0 fully saturated rings. The molecule has 0 heterocycles. The van der Waals surface area contributed by atoms with E-state index in [4.69, 9.17) is 11.5 Å². The highest BCUT2D eigenvalue weighted by molar-refractivity contribution is 5.91.